The zero-order chi connectivity index (χ0) is 12.4. The summed E-state index contributed by atoms with van der Waals surface area (Å²) in [6.07, 6.45) is 2.91. The Bertz CT molecular complexity index is 317. The van der Waals surface area contributed by atoms with Crippen LogP contribution in [0, 0.1) is 11.8 Å². The Morgan fingerprint density at radius 3 is 1.76 bits per heavy atom. The molecule has 94 valence electrons. The van der Waals surface area contributed by atoms with Crippen molar-refractivity contribution >= 4 is 11.9 Å². The molecule has 2 rings (SSSR count). The second-order valence-electron chi connectivity index (χ2n) is 4.01. The van der Waals surface area contributed by atoms with E-state index < -0.39 is 11.8 Å². The van der Waals surface area contributed by atoms with E-state index in [2.05, 4.69) is 0 Å². The fraction of sp³-hybridized carbons (Fsp3) is 0.667. The Hall–Kier alpha value is -1.36. The number of carbonyl (C=O) groups excluding carboxylic acids is 2. The predicted octanol–water partition coefficient (Wildman–Crippen LogP) is 0.682. The Balaban J connectivity index is 2.14. The van der Waals surface area contributed by atoms with Gasteiger partial charge in [0, 0.05) is 0 Å². The molecule has 0 aromatic heterocycles. The molecule has 5 heteroatoms. The van der Waals surface area contributed by atoms with E-state index in [1.54, 1.807) is 13.8 Å². The summed E-state index contributed by atoms with van der Waals surface area (Å²) in [7, 11) is 0. The van der Waals surface area contributed by atoms with Gasteiger partial charge >= 0.3 is 11.9 Å². The molecule has 0 spiro atoms. The standard InChI is InChI=1S/C12H16O5/c1-3-15-11(13)9-7-5-6-8(17-7)10(9)12(14)16-4-2/h5-10H,3-4H2,1-2H3/t7-,8+,9-,10-/m0/s1. The average molecular weight is 240 g/mol. The number of hydrogen-bond acceptors (Lipinski definition) is 5. The van der Waals surface area contributed by atoms with Crippen molar-refractivity contribution in [2.45, 2.75) is 26.1 Å². The maximum Gasteiger partial charge on any atom is 0.312 e. The first-order valence-corrected chi connectivity index (χ1v) is 5.86. The first-order chi connectivity index (χ1) is 8.19. The van der Waals surface area contributed by atoms with E-state index in [9.17, 15) is 9.59 Å². The van der Waals surface area contributed by atoms with Gasteiger partial charge in [0.05, 0.1) is 25.4 Å². The van der Waals surface area contributed by atoms with Crippen molar-refractivity contribution in [1.82, 2.24) is 0 Å². The minimum Gasteiger partial charge on any atom is -0.466 e. The van der Waals surface area contributed by atoms with Crippen LogP contribution in [0.5, 0.6) is 0 Å². The van der Waals surface area contributed by atoms with Crippen LogP contribution in [0.15, 0.2) is 12.2 Å². The van der Waals surface area contributed by atoms with Crippen molar-refractivity contribution in [3.8, 4) is 0 Å². The van der Waals surface area contributed by atoms with Gasteiger partial charge in [-0.1, -0.05) is 12.2 Å². The average Bonchev–Trinajstić information content (AvgIpc) is 2.89. The highest BCUT2D eigenvalue weighted by atomic mass is 16.6. The summed E-state index contributed by atoms with van der Waals surface area (Å²) in [5.41, 5.74) is 0. The third kappa shape index (κ3) is 2.07. The number of ether oxygens (including phenoxy) is 3. The van der Waals surface area contributed by atoms with E-state index in [0.29, 0.717) is 13.2 Å². The summed E-state index contributed by atoms with van der Waals surface area (Å²) < 4.78 is 15.5. The number of carbonyl (C=O) groups is 2. The second-order valence-corrected chi connectivity index (χ2v) is 4.01. The molecule has 0 aliphatic carbocycles. The smallest absolute Gasteiger partial charge is 0.312 e. The van der Waals surface area contributed by atoms with E-state index in [1.807, 2.05) is 12.2 Å². The number of hydrogen-bond donors (Lipinski definition) is 0. The van der Waals surface area contributed by atoms with Gasteiger partial charge in [0.15, 0.2) is 0 Å². The molecular formula is C12H16O5. The zero-order valence-corrected chi connectivity index (χ0v) is 9.92. The van der Waals surface area contributed by atoms with Gasteiger partial charge in [0.25, 0.3) is 0 Å². The highest BCUT2D eigenvalue weighted by molar-refractivity contribution is 5.85. The van der Waals surface area contributed by atoms with Gasteiger partial charge in [-0.3, -0.25) is 9.59 Å². The van der Waals surface area contributed by atoms with Gasteiger partial charge in [-0.15, -0.1) is 0 Å². The largest absolute Gasteiger partial charge is 0.466 e. The molecule has 0 radical (unpaired) electrons. The van der Waals surface area contributed by atoms with Crippen molar-refractivity contribution in [3.05, 3.63) is 12.2 Å². The Kier molecular flexibility index (Phi) is 3.47. The molecule has 2 aliphatic rings. The summed E-state index contributed by atoms with van der Waals surface area (Å²) in [4.78, 5) is 23.6. The molecule has 0 aromatic rings. The summed E-state index contributed by atoms with van der Waals surface area (Å²) >= 11 is 0. The molecule has 0 amide bonds. The summed E-state index contributed by atoms with van der Waals surface area (Å²) in [6, 6.07) is 0. The lowest BCUT2D eigenvalue weighted by atomic mass is 9.83. The highest BCUT2D eigenvalue weighted by Crippen LogP contribution is 2.40. The van der Waals surface area contributed by atoms with E-state index in [-0.39, 0.29) is 24.1 Å². The molecular weight excluding hydrogens is 224 g/mol. The molecule has 4 atom stereocenters. The SMILES string of the molecule is CCOC(=O)[C@@H]1[C@@H](C(=O)OCC)[C@H]2C=C[C@@H]1O2. The number of fused-ring (bicyclic) bond motifs is 2. The number of rotatable bonds is 4. The van der Waals surface area contributed by atoms with E-state index in [0.717, 1.165) is 0 Å². The number of esters is 2. The van der Waals surface area contributed by atoms with Gasteiger partial charge in [-0.2, -0.15) is 0 Å². The van der Waals surface area contributed by atoms with Crippen LogP contribution in [-0.4, -0.2) is 37.4 Å². The molecule has 0 saturated carbocycles. The molecule has 1 saturated heterocycles. The fourth-order valence-electron chi connectivity index (χ4n) is 2.35. The summed E-state index contributed by atoms with van der Waals surface area (Å²) in [6.45, 7) is 4.07. The lowest BCUT2D eigenvalue weighted by Gasteiger charge is -2.21. The van der Waals surface area contributed by atoms with Crippen LogP contribution >= 0.6 is 0 Å². The fourth-order valence-corrected chi connectivity index (χ4v) is 2.35. The minimum absolute atomic E-state index is 0.298. The molecule has 5 nitrogen and oxygen atoms in total. The van der Waals surface area contributed by atoms with Crippen LogP contribution in [0.3, 0.4) is 0 Å². The van der Waals surface area contributed by atoms with Crippen LogP contribution in [0.2, 0.25) is 0 Å². The second kappa shape index (κ2) is 4.87. The third-order valence-corrected chi connectivity index (χ3v) is 3.02. The van der Waals surface area contributed by atoms with Crippen molar-refractivity contribution in [2.75, 3.05) is 13.2 Å². The predicted molar refractivity (Wildman–Crippen MR) is 58.0 cm³/mol. The van der Waals surface area contributed by atoms with Crippen LogP contribution in [0.25, 0.3) is 0 Å². The van der Waals surface area contributed by atoms with Gasteiger partial charge in [-0.05, 0) is 13.8 Å². The summed E-state index contributed by atoms with van der Waals surface area (Å²) in [5.74, 6) is -1.90. The normalized spacial score (nSPS) is 33.8. The Labute approximate surface area is 99.7 Å². The first-order valence-electron chi connectivity index (χ1n) is 5.86. The summed E-state index contributed by atoms with van der Waals surface area (Å²) in [5, 5.41) is 0. The van der Waals surface area contributed by atoms with Crippen LogP contribution < -0.4 is 0 Å². The molecule has 0 N–H and O–H groups in total. The Morgan fingerprint density at radius 1 is 1.00 bits per heavy atom. The van der Waals surface area contributed by atoms with Gasteiger partial charge < -0.3 is 14.2 Å². The van der Waals surface area contributed by atoms with Gasteiger partial charge in [-0.25, -0.2) is 0 Å². The molecule has 0 unspecified atom stereocenters. The van der Waals surface area contributed by atoms with Crippen molar-refractivity contribution in [1.29, 1.82) is 0 Å². The van der Waals surface area contributed by atoms with Gasteiger partial charge in [0.2, 0.25) is 0 Å². The van der Waals surface area contributed by atoms with E-state index >= 15 is 0 Å². The lowest BCUT2D eigenvalue weighted by molar-refractivity contribution is -0.159. The highest BCUT2D eigenvalue weighted by Gasteiger charge is 2.54. The molecule has 0 aromatic carbocycles. The van der Waals surface area contributed by atoms with Crippen molar-refractivity contribution in [2.24, 2.45) is 11.8 Å². The maximum atomic E-state index is 11.8. The molecule has 2 aliphatic heterocycles. The first kappa shape index (κ1) is 12.1. The molecule has 1 fully saturated rings. The third-order valence-electron chi connectivity index (χ3n) is 3.02. The lowest BCUT2D eigenvalue weighted by Crippen LogP contribution is -2.38. The quantitative estimate of drug-likeness (QED) is 0.534. The van der Waals surface area contributed by atoms with Crippen LogP contribution in [0.4, 0.5) is 0 Å². The molecule has 17 heavy (non-hydrogen) atoms. The van der Waals surface area contributed by atoms with Crippen LogP contribution in [0.1, 0.15) is 13.8 Å². The van der Waals surface area contributed by atoms with E-state index in [4.69, 9.17) is 14.2 Å². The minimum atomic E-state index is -0.566. The van der Waals surface area contributed by atoms with E-state index in [1.165, 1.54) is 0 Å². The van der Waals surface area contributed by atoms with Crippen LogP contribution in [-0.2, 0) is 23.8 Å². The Morgan fingerprint density at radius 2 is 1.41 bits per heavy atom. The zero-order valence-electron chi connectivity index (χ0n) is 9.92. The van der Waals surface area contributed by atoms with Crippen molar-refractivity contribution in [3.63, 3.8) is 0 Å². The van der Waals surface area contributed by atoms with Gasteiger partial charge in [0.1, 0.15) is 11.8 Å². The molecule has 2 heterocycles. The topological polar surface area (TPSA) is 61.8 Å². The molecule has 2 bridgehead atoms. The van der Waals surface area contributed by atoms with Crippen molar-refractivity contribution < 1.29 is 23.8 Å². The maximum absolute atomic E-state index is 11.8. The monoisotopic (exact) mass is 240 g/mol.